The van der Waals surface area contributed by atoms with Crippen LogP contribution in [0, 0.1) is 6.92 Å². The highest BCUT2D eigenvalue weighted by Gasteiger charge is 1.81. The molecule has 0 unspecified atom stereocenters. The molecule has 0 aromatic carbocycles. The topological polar surface area (TPSA) is 17.8 Å². The molecule has 54 valence electrons. The number of nitrogens with zero attached hydrogens (tertiary/aromatic N) is 2. The molecule has 0 amide bonds. The molecule has 0 aliphatic rings. The maximum Gasteiger partial charge on any atom is 0.0593 e. The van der Waals surface area contributed by atoms with Crippen LogP contribution >= 0.6 is 24.8 Å². The second kappa shape index (κ2) is 4.65. The van der Waals surface area contributed by atoms with Crippen LogP contribution in [0.4, 0.5) is 0 Å². The van der Waals surface area contributed by atoms with E-state index in [1.54, 1.807) is 4.68 Å². The molecular formula is C5H10Cl2N2. The minimum Gasteiger partial charge on any atom is -0.276 e. The van der Waals surface area contributed by atoms with Gasteiger partial charge in [0.15, 0.2) is 0 Å². The standard InChI is InChI=1S/C5H8N2.2ClH/c1-5-3-4-7(2)6-5;;/h3-4H,1-2H3;2*1H. The molecule has 1 aromatic rings. The lowest BCUT2D eigenvalue weighted by atomic mass is 10.5. The number of rotatable bonds is 0. The Morgan fingerprint density at radius 2 is 2.00 bits per heavy atom. The van der Waals surface area contributed by atoms with Crippen LogP contribution < -0.4 is 0 Å². The Labute approximate surface area is 67.1 Å². The van der Waals surface area contributed by atoms with Gasteiger partial charge in [-0.25, -0.2) is 0 Å². The third-order valence-corrected chi connectivity index (χ3v) is 0.847. The van der Waals surface area contributed by atoms with Crippen molar-refractivity contribution < 1.29 is 0 Å². The smallest absolute Gasteiger partial charge is 0.0593 e. The van der Waals surface area contributed by atoms with Crippen molar-refractivity contribution in [1.82, 2.24) is 9.78 Å². The van der Waals surface area contributed by atoms with Gasteiger partial charge in [-0.15, -0.1) is 24.8 Å². The molecule has 0 aliphatic heterocycles. The van der Waals surface area contributed by atoms with Gasteiger partial charge in [0.2, 0.25) is 0 Å². The number of halogens is 2. The van der Waals surface area contributed by atoms with E-state index < -0.39 is 0 Å². The Morgan fingerprint density at radius 3 is 2.11 bits per heavy atom. The van der Waals surface area contributed by atoms with Crippen LogP contribution in [0.5, 0.6) is 0 Å². The van der Waals surface area contributed by atoms with Crippen LogP contribution in [-0.2, 0) is 7.05 Å². The van der Waals surface area contributed by atoms with Crippen molar-refractivity contribution >= 4 is 24.8 Å². The van der Waals surface area contributed by atoms with E-state index in [1.165, 1.54) is 0 Å². The summed E-state index contributed by atoms with van der Waals surface area (Å²) < 4.78 is 1.79. The molecule has 0 N–H and O–H groups in total. The minimum absolute atomic E-state index is 0. The van der Waals surface area contributed by atoms with E-state index in [4.69, 9.17) is 0 Å². The Kier molecular flexibility index (Phi) is 5.98. The summed E-state index contributed by atoms with van der Waals surface area (Å²) in [6.45, 7) is 1.97. The summed E-state index contributed by atoms with van der Waals surface area (Å²) in [5.41, 5.74) is 1.07. The maximum absolute atomic E-state index is 4.03. The second-order valence-corrected chi connectivity index (χ2v) is 1.63. The highest BCUT2D eigenvalue weighted by Crippen LogP contribution is 1.86. The summed E-state index contributed by atoms with van der Waals surface area (Å²) in [7, 11) is 1.91. The van der Waals surface area contributed by atoms with Crippen molar-refractivity contribution in [2.75, 3.05) is 0 Å². The van der Waals surface area contributed by atoms with Crippen LogP contribution in [0.3, 0.4) is 0 Å². The molecule has 0 aliphatic carbocycles. The zero-order chi connectivity index (χ0) is 5.28. The van der Waals surface area contributed by atoms with Gasteiger partial charge >= 0.3 is 0 Å². The van der Waals surface area contributed by atoms with Gasteiger partial charge in [0.1, 0.15) is 0 Å². The Morgan fingerprint density at radius 1 is 1.44 bits per heavy atom. The van der Waals surface area contributed by atoms with Gasteiger partial charge in [0, 0.05) is 13.2 Å². The molecule has 0 radical (unpaired) electrons. The van der Waals surface area contributed by atoms with Crippen molar-refractivity contribution in [3.63, 3.8) is 0 Å². The lowest BCUT2D eigenvalue weighted by molar-refractivity contribution is 0.756. The molecule has 0 fully saturated rings. The van der Waals surface area contributed by atoms with E-state index >= 15 is 0 Å². The maximum atomic E-state index is 4.03. The van der Waals surface area contributed by atoms with Crippen LogP contribution in [0.1, 0.15) is 5.69 Å². The van der Waals surface area contributed by atoms with Crippen LogP contribution in [-0.4, -0.2) is 9.78 Å². The highest BCUT2D eigenvalue weighted by atomic mass is 35.5. The van der Waals surface area contributed by atoms with E-state index in [0.29, 0.717) is 0 Å². The van der Waals surface area contributed by atoms with Gasteiger partial charge in [-0.05, 0) is 13.0 Å². The van der Waals surface area contributed by atoms with Gasteiger partial charge in [-0.1, -0.05) is 0 Å². The first-order valence-electron chi connectivity index (χ1n) is 2.25. The Balaban J connectivity index is 0. The number of aryl methyl sites for hydroxylation is 2. The summed E-state index contributed by atoms with van der Waals surface area (Å²) in [6, 6.07) is 1.97. The molecule has 2 nitrogen and oxygen atoms in total. The van der Waals surface area contributed by atoms with Crippen molar-refractivity contribution in [1.29, 1.82) is 0 Å². The van der Waals surface area contributed by atoms with E-state index in [0.717, 1.165) is 5.69 Å². The first kappa shape index (κ1) is 11.6. The minimum atomic E-state index is 0. The van der Waals surface area contributed by atoms with E-state index in [1.807, 2.05) is 26.2 Å². The average molecular weight is 169 g/mol. The molecule has 0 spiro atoms. The zero-order valence-corrected chi connectivity index (χ0v) is 7.00. The summed E-state index contributed by atoms with van der Waals surface area (Å²) in [5, 5.41) is 4.03. The Bertz CT molecular complexity index is 145. The summed E-state index contributed by atoms with van der Waals surface area (Å²) in [6.07, 6.45) is 1.93. The number of hydrogen-bond donors (Lipinski definition) is 0. The van der Waals surface area contributed by atoms with Crippen LogP contribution in [0.15, 0.2) is 12.3 Å². The summed E-state index contributed by atoms with van der Waals surface area (Å²) in [4.78, 5) is 0. The molecular weight excluding hydrogens is 159 g/mol. The molecule has 4 heteroatoms. The van der Waals surface area contributed by atoms with Crippen LogP contribution in [0.2, 0.25) is 0 Å². The fourth-order valence-electron chi connectivity index (χ4n) is 0.531. The number of aromatic nitrogens is 2. The molecule has 0 saturated heterocycles. The predicted octanol–water partition coefficient (Wildman–Crippen LogP) is 1.57. The highest BCUT2D eigenvalue weighted by molar-refractivity contribution is 5.85. The number of hydrogen-bond acceptors (Lipinski definition) is 1. The fourth-order valence-corrected chi connectivity index (χ4v) is 0.531. The third kappa shape index (κ3) is 3.38. The lowest BCUT2D eigenvalue weighted by Gasteiger charge is -1.79. The average Bonchev–Trinajstić information content (AvgIpc) is 1.87. The lowest BCUT2D eigenvalue weighted by Crippen LogP contribution is -1.86. The molecule has 0 atom stereocenters. The first-order chi connectivity index (χ1) is 3.29. The molecule has 1 aromatic heterocycles. The largest absolute Gasteiger partial charge is 0.276 e. The molecule has 0 bridgehead atoms. The summed E-state index contributed by atoms with van der Waals surface area (Å²) >= 11 is 0. The molecule has 9 heavy (non-hydrogen) atoms. The van der Waals surface area contributed by atoms with E-state index in [-0.39, 0.29) is 24.8 Å². The molecule has 0 saturated carbocycles. The van der Waals surface area contributed by atoms with Crippen molar-refractivity contribution in [2.45, 2.75) is 6.92 Å². The Hall–Kier alpha value is -0.210. The first-order valence-corrected chi connectivity index (χ1v) is 2.25. The van der Waals surface area contributed by atoms with E-state index in [2.05, 4.69) is 5.10 Å². The normalized spacial score (nSPS) is 7.33. The molecule has 1 rings (SSSR count). The van der Waals surface area contributed by atoms with Crippen molar-refractivity contribution in [3.8, 4) is 0 Å². The van der Waals surface area contributed by atoms with Crippen molar-refractivity contribution in [3.05, 3.63) is 18.0 Å². The van der Waals surface area contributed by atoms with Gasteiger partial charge in [-0.2, -0.15) is 5.10 Å². The SMILES string of the molecule is Cc1ccn(C)n1.Cl.Cl. The van der Waals surface area contributed by atoms with Gasteiger partial charge < -0.3 is 0 Å². The van der Waals surface area contributed by atoms with Crippen molar-refractivity contribution in [2.24, 2.45) is 7.05 Å². The zero-order valence-electron chi connectivity index (χ0n) is 5.37. The van der Waals surface area contributed by atoms with Gasteiger partial charge in [-0.3, -0.25) is 4.68 Å². The monoisotopic (exact) mass is 168 g/mol. The predicted molar refractivity (Wildman–Crippen MR) is 42.4 cm³/mol. The van der Waals surface area contributed by atoms with E-state index in [9.17, 15) is 0 Å². The molecule has 1 heterocycles. The summed E-state index contributed by atoms with van der Waals surface area (Å²) in [5.74, 6) is 0. The quantitative estimate of drug-likeness (QED) is 0.576. The van der Waals surface area contributed by atoms with Crippen LogP contribution in [0.25, 0.3) is 0 Å². The third-order valence-electron chi connectivity index (χ3n) is 0.847. The van der Waals surface area contributed by atoms with Gasteiger partial charge in [0.25, 0.3) is 0 Å². The fraction of sp³-hybridized carbons (Fsp3) is 0.400. The van der Waals surface area contributed by atoms with Gasteiger partial charge in [0.05, 0.1) is 5.69 Å². The second-order valence-electron chi connectivity index (χ2n) is 1.63.